The molecule has 0 unspecified atom stereocenters. The molecular formula is C24H34O5. The van der Waals surface area contributed by atoms with E-state index in [1.165, 1.54) is 6.07 Å². The Hall–Kier alpha value is -1.17. The van der Waals surface area contributed by atoms with E-state index >= 15 is 0 Å². The first-order valence-corrected chi connectivity index (χ1v) is 11.3. The van der Waals surface area contributed by atoms with Crippen LogP contribution in [0, 0.1) is 22.7 Å². The fraction of sp³-hybridized carbons (Fsp3) is 0.792. The van der Waals surface area contributed by atoms with Gasteiger partial charge >= 0.3 is 5.63 Å². The van der Waals surface area contributed by atoms with Crippen molar-refractivity contribution < 1.29 is 19.7 Å². The number of hydrogen-bond acceptors (Lipinski definition) is 5. The van der Waals surface area contributed by atoms with E-state index in [2.05, 4.69) is 13.8 Å². The number of fused-ring (bicyclic) bond motifs is 5. The minimum absolute atomic E-state index is 0.169. The minimum atomic E-state index is -0.823. The van der Waals surface area contributed by atoms with Crippen LogP contribution in [0.15, 0.2) is 27.6 Å². The molecule has 1 aromatic rings. The summed E-state index contributed by atoms with van der Waals surface area (Å²) in [6.45, 7) is 4.43. The second kappa shape index (κ2) is 6.18. The Labute approximate surface area is 172 Å². The van der Waals surface area contributed by atoms with Gasteiger partial charge in [-0.3, -0.25) is 0 Å². The Morgan fingerprint density at radius 3 is 2.38 bits per heavy atom. The summed E-state index contributed by atoms with van der Waals surface area (Å²) in [4.78, 5) is 11.4. The van der Waals surface area contributed by atoms with Crippen molar-refractivity contribution in [2.75, 3.05) is 0 Å². The summed E-state index contributed by atoms with van der Waals surface area (Å²) in [5.74, 6) is 0.626. The fourth-order valence-corrected chi connectivity index (χ4v) is 8.30. The molecule has 0 aliphatic heterocycles. The van der Waals surface area contributed by atoms with Crippen molar-refractivity contribution in [2.45, 2.75) is 94.9 Å². The molecule has 1 aromatic heterocycles. The van der Waals surface area contributed by atoms with Crippen LogP contribution < -0.4 is 5.63 Å². The first kappa shape index (κ1) is 19.8. The highest BCUT2D eigenvalue weighted by Gasteiger charge is 2.69. The Morgan fingerprint density at radius 2 is 1.66 bits per heavy atom. The quantitative estimate of drug-likeness (QED) is 0.670. The highest BCUT2D eigenvalue weighted by molar-refractivity contribution is 5.27. The maximum absolute atomic E-state index is 12.2. The van der Waals surface area contributed by atoms with Gasteiger partial charge in [0.05, 0.1) is 23.6 Å². The summed E-state index contributed by atoms with van der Waals surface area (Å²) in [6.07, 6.45) is 8.22. The number of aliphatic hydroxyl groups excluding tert-OH is 1. The summed E-state index contributed by atoms with van der Waals surface area (Å²) in [5.41, 5.74) is -1.41. The third-order valence-corrected chi connectivity index (χ3v) is 10.1. The molecule has 0 spiro atoms. The maximum atomic E-state index is 12.2. The maximum Gasteiger partial charge on any atom is 0.335 e. The summed E-state index contributed by atoms with van der Waals surface area (Å²) in [6, 6.07) is 3.35. The highest BCUT2D eigenvalue weighted by atomic mass is 16.4. The van der Waals surface area contributed by atoms with Gasteiger partial charge in [-0.2, -0.15) is 0 Å². The Morgan fingerprint density at radius 1 is 0.931 bits per heavy atom. The molecule has 4 saturated carbocycles. The van der Waals surface area contributed by atoms with Crippen molar-refractivity contribution in [3.63, 3.8) is 0 Å². The van der Waals surface area contributed by atoms with Gasteiger partial charge in [-0.05, 0) is 86.2 Å². The average Bonchev–Trinajstić information content (AvgIpc) is 2.95. The topological polar surface area (TPSA) is 90.9 Å². The largest absolute Gasteiger partial charge is 0.431 e. The van der Waals surface area contributed by atoms with Crippen molar-refractivity contribution in [2.24, 2.45) is 22.7 Å². The molecule has 5 heteroatoms. The number of rotatable bonds is 1. The summed E-state index contributed by atoms with van der Waals surface area (Å²) in [5, 5.41) is 33.9. The van der Waals surface area contributed by atoms with Gasteiger partial charge < -0.3 is 19.7 Å². The van der Waals surface area contributed by atoms with E-state index in [1.54, 1.807) is 6.26 Å². The van der Waals surface area contributed by atoms with Gasteiger partial charge in [0.15, 0.2) is 0 Å². The molecule has 1 heterocycles. The SMILES string of the molecule is C[C@]12CC[C@@H](O)C[C@]1(O)CC[C@@H]1[C@@H]2CC[C@]2(C)[C@@H](c3ccc(=O)oc3)CC[C@@]12O. The molecule has 5 nitrogen and oxygen atoms in total. The molecule has 0 aromatic carbocycles. The number of aliphatic hydroxyl groups is 3. The first-order chi connectivity index (χ1) is 13.6. The fourth-order valence-electron chi connectivity index (χ4n) is 8.30. The van der Waals surface area contributed by atoms with Gasteiger partial charge in [-0.25, -0.2) is 4.79 Å². The predicted molar refractivity (Wildman–Crippen MR) is 108 cm³/mol. The second-order valence-electron chi connectivity index (χ2n) is 11.0. The lowest BCUT2D eigenvalue weighted by Crippen LogP contribution is -2.67. The van der Waals surface area contributed by atoms with E-state index in [0.717, 1.165) is 50.5 Å². The van der Waals surface area contributed by atoms with Crippen molar-refractivity contribution >= 4 is 0 Å². The van der Waals surface area contributed by atoms with Crippen LogP contribution in [0.3, 0.4) is 0 Å². The van der Waals surface area contributed by atoms with Crippen molar-refractivity contribution in [1.82, 2.24) is 0 Å². The Bertz CT molecular complexity index is 845. The summed E-state index contributed by atoms with van der Waals surface area (Å²) >= 11 is 0. The molecule has 4 aliphatic rings. The van der Waals surface area contributed by atoms with Gasteiger partial charge in [-0.15, -0.1) is 0 Å². The van der Waals surface area contributed by atoms with Crippen LogP contribution in [0.4, 0.5) is 0 Å². The first-order valence-electron chi connectivity index (χ1n) is 11.3. The van der Waals surface area contributed by atoms with Gasteiger partial charge in [0.1, 0.15) is 0 Å². The van der Waals surface area contributed by atoms with Gasteiger partial charge in [0.25, 0.3) is 0 Å². The van der Waals surface area contributed by atoms with Crippen LogP contribution in [-0.4, -0.2) is 32.6 Å². The molecule has 4 aliphatic carbocycles. The third-order valence-electron chi connectivity index (χ3n) is 10.1. The molecule has 160 valence electrons. The molecule has 5 rings (SSSR count). The van der Waals surface area contributed by atoms with Crippen LogP contribution in [0.2, 0.25) is 0 Å². The lowest BCUT2D eigenvalue weighted by atomic mass is 9.42. The molecule has 3 N–H and O–H groups in total. The molecule has 29 heavy (non-hydrogen) atoms. The van der Waals surface area contributed by atoms with E-state index in [1.807, 2.05) is 6.07 Å². The third kappa shape index (κ3) is 2.47. The standard InChI is InChI=1S/C24H34O5/c1-21-9-5-16(25)13-23(21,27)11-7-19-18(21)6-10-22(2)17(8-12-24(19,22)28)15-3-4-20(26)29-14-15/h3-4,14,16-19,25,27-28H,5-13H2,1-2H3/t16-,17-,18+,19-,21-,22-,23-,24-/m1/s1. The average molecular weight is 403 g/mol. The second-order valence-corrected chi connectivity index (χ2v) is 11.0. The zero-order valence-corrected chi connectivity index (χ0v) is 17.6. The van der Waals surface area contributed by atoms with E-state index in [-0.39, 0.29) is 34.2 Å². The summed E-state index contributed by atoms with van der Waals surface area (Å²) in [7, 11) is 0. The molecule has 0 amide bonds. The number of hydrogen-bond donors (Lipinski definition) is 3. The smallest absolute Gasteiger partial charge is 0.335 e. The summed E-state index contributed by atoms with van der Waals surface area (Å²) < 4.78 is 5.15. The predicted octanol–water partition coefficient (Wildman–Crippen LogP) is 3.36. The van der Waals surface area contributed by atoms with Crippen molar-refractivity contribution in [1.29, 1.82) is 0 Å². The van der Waals surface area contributed by atoms with Gasteiger partial charge in [0, 0.05) is 17.9 Å². The normalized spacial score (nSPS) is 51.8. The molecule has 0 bridgehead atoms. The monoisotopic (exact) mass is 402 g/mol. The van der Waals surface area contributed by atoms with Crippen molar-refractivity contribution in [3.05, 3.63) is 34.4 Å². The van der Waals surface area contributed by atoms with E-state index < -0.39 is 17.3 Å². The van der Waals surface area contributed by atoms with Gasteiger partial charge in [0.2, 0.25) is 0 Å². The zero-order chi connectivity index (χ0) is 20.7. The van der Waals surface area contributed by atoms with Crippen molar-refractivity contribution in [3.8, 4) is 0 Å². The van der Waals surface area contributed by atoms with Crippen LogP contribution in [0.1, 0.15) is 83.1 Å². The van der Waals surface area contributed by atoms with Crippen LogP contribution >= 0.6 is 0 Å². The molecular weight excluding hydrogens is 368 g/mol. The zero-order valence-electron chi connectivity index (χ0n) is 17.6. The Kier molecular flexibility index (Phi) is 4.21. The van der Waals surface area contributed by atoms with Crippen LogP contribution in [0.25, 0.3) is 0 Å². The van der Waals surface area contributed by atoms with E-state index in [4.69, 9.17) is 4.42 Å². The molecule has 0 saturated heterocycles. The van der Waals surface area contributed by atoms with E-state index in [9.17, 15) is 20.1 Å². The van der Waals surface area contributed by atoms with Crippen LogP contribution in [-0.2, 0) is 0 Å². The Balaban J connectivity index is 1.50. The molecule has 8 atom stereocenters. The van der Waals surface area contributed by atoms with Gasteiger partial charge in [-0.1, -0.05) is 13.8 Å². The lowest BCUT2D eigenvalue weighted by Gasteiger charge is -2.66. The lowest BCUT2D eigenvalue weighted by molar-refractivity contribution is -0.253. The van der Waals surface area contributed by atoms with Crippen LogP contribution in [0.5, 0.6) is 0 Å². The minimum Gasteiger partial charge on any atom is -0.431 e. The molecule has 4 fully saturated rings. The molecule has 0 radical (unpaired) electrons. The van der Waals surface area contributed by atoms with E-state index in [0.29, 0.717) is 12.8 Å². The highest BCUT2D eigenvalue weighted by Crippen LogP contribution is 2.71.